The summed E-state index contributed by atoms with van der Waals surface area (Å²) in [6.07, 6.45) is 0.798. The number of nitrogens with two attached hydrogens (primary N) is 1. The maximum Gasteiger partial charge on any atom is 0.243 e. The van der Waals surface area contributed by atoms with Crippen LogP contribution >= 0.6 is 11.6 Å². The zero-order chi connectivity index (χ0) is 20.3. The van der Waals surface area contributed by atoms with Crippen molar-refractivity contribution in [2.45, 2.75) is 46.0 Å². The van der Waals surface area contributed by atoms with E-state index in [1.165, 1.54) is 6.92 Å². The predicted molar refractivity (Wildman–Crippen MR) is 108 cm³/mol. The van der Waals surface area contributed by atoms with Gasteiger partial charge in [0, 0.05) is 12.0 Å². The van der Waals surface area contributed by atoms with Gasteiger partial charge in [-0.05, 0) is 54.6 Å². The summed E-state index contributed by atoms with van der Waals surface area (Å²) < 4.78 is 20.6. The van der Waals surface area contributed by atoms with Crippen LogP contribution in [0.25, 0.3) is 5.52 Å². The van der Waals surface area contributed by atoms with Crippen LogP contribution in [0.3, 0.4) is 0 Å². The fraction of sp³-hybridized carbons (Fsp3) is 0.400. The molecular formula is C20H23ClFN5O. The molecule has 148 valence electrons. The fourth-order valence-corrected chi connectivity index (χ4v) is 2.87. The average Bonchev–Trinajstić information content (AvgIpc) is 3.25. The highest BCUT2D eigenvalue weighted by Crippen LogP contribution is 2.24. The molecule has 3 aromatic rings. The number of alkyl halides is 1. The maximum absolute atomic E-state index is 13.7. The molecule has 8 heteroatoms. The fourth-order valence-electron chi connectivity index (χ4n) is 2.71. The molecule has 0 bridgehead atoms. The highest BCUT2D eigenvalue weighted by molar-refractivity contribution is 6.28. The highest BCUT2D eigenvalue weighted by Gasteiger charge is 2.20. The van der Waals surface area contributed by atoms with Gasteiger partial charge < -0.3 is 15.5 Å². The Labute approximate surface area is 168 Å². The average molecular weight is 404 g/mol. The van der Waals surface area contributed by atoms with Crippen LogP contribution in [0.1, 0.15) is 37.8 Å². The molecule has 0 unspecified atom stereocenters. The highest BCUT2D eigenvalue weighted by atomic mass is 35.5. The molecule has 3 rings (SSSR count). The molecule has 6 nitrogen and oxygen atoms in total. The van der Waals surface area contributed by atoms with Crippen LogP contribution in [0, 0.1) is 17.8 Å². The first kappa shape index (κ1) is 20.2. The van der Waals surface area contributed by atoms with E-state index in [2.05, 4.69) is 27.2 Å². The Morgan fingerprint density at radius 2 is 2.18 bits per heavy atom. The van der Waals surface area contributed by atoms with E-state index in [1.54, 1.807) is 10.8 Å². The molecule has 3 N–H and O–H groups in total. The summed E-state index contributed by atoms with van der Waals surface area (Å²) in [5.74, 6) is 7.74. The lowest BCUT2D eigenvalue weighted by molar-refractivity contribution is 0.304. The van der Waals surface area contributed by atoms with Crippen molar-refractivity contribution >= 4 is 22.9 Å². The Morgan fingerprint density at radius 1 is 1.39 bits per heavy atom. The molecule has 0 amide bonds. The van der Waals surface area contributed by atoms with Gasteiger partial charge in [0.25, 0.3) is 0 Å². The Balaban J connectivity index is 2.06. The van der Waals surface area contributed by atoms with Crippen molar-refractivity contribution in [2.75, 3.05) is 5.32 Å². The first-order chi connectivity index (χ1) is 13.3. The van der Waals surface area contributed by atoms with E-state index in [-0.39, 0.29) is 11.2 Å². The van der Waals surface area contributed by atoms with Crippen LogP contribution in [-0.4, -0.2) is 26.8 Å². The van der Waals surface area contributed by atoms with Gasteiger partial charge in [-0.1, -0.05) is 19.8 Å². The predicted octanol–water partition coefficient (Wildman–Crippen LogP) is 3.82. The Kier molecular flexibility index (Phi) is 6.22. The summed E-state index contributed by atoms with van der Waals surface area (Å²) in [5, 5.41) is 7.59. The van der Waals surface area contributed by atoms with Crippen molar-refractivity contribution in [3.8, 4) is 11.8 Å². The monoisotopic (exact) mass is 403 g/mol. The first-order valence-electron chi connectivity index (χ1n) is 9.10. The largest absolute Gasteiger partial charge is 0.467 e. The zero-order valence-corrected chi connectivity index (χ0v) is 16.8. The van der Waals surface area contributed by atoms with E-state index >= 15 is 0 Å². The second kappa shape index (κ2) is 8.63. The third kappa shape index (κ3) is 4.64. The van der Waals surface area contributed by atoms with Crippen molar-refractivity contribution in [2.24, 2.45) is 11.7 Å². The van der Waals surface area contributed by atoms with Crippen LogP contribution in [-0.2, 0) is 13.0 Å². The molecule has 0 saturated heterocycles. The van der Waals surface area contributed by atoms with Crippen molar-refractivity contribution in [1.82, 2.24) is 14.6 Å². The van der Waals surface area contributed by atoms with E-state index in [1.807, 2.05) is 32.0 Å². The maximum atomic E-state index is 13.7. The van der Waals surface area contributed by atoms with Gasteiger partial charge in [0.2, 0.25) is 5.28 Å². The zero-order valence-electron chi connectivity index (χ0n) is 16.0. The minimum Gasteiger partial charge on any atom is -0.467 e. The van der Waals surface area contributed by atoms with Gasteiger partial charge in [-0.25, -0.2) is 8.91 Å². The van der Waals surface area contributed by atoms with Gasteiger partial charge in [-0.2, -0.15) is 4.98 Å². The van der Waals surface area contributed by atoms with Crippen LogP contribution in [0.4, 0.5) is 10.2 Å². The molecule has 0 aliphatic rings. The lowest BCUT2D eigenvalue weighted by Crippen LogP contribution is -2.31. The number of hydrogen-bond acceptors (Lipinski definition) is 5. The minimum absolute atomic E-state index is 0.0762. The number of nitrogens with zero attached hydrogens (tertiary/aromatic N) is 3. The number of aromatic nitrogens is 3. The molecule has 0 saturated carbocycles. The lowest BCUT2D eigenvalue weighted by Gasteiger charge is -2.11. The molecule has 0 radical (unpaired) electrons. The summed E-state index contributed by atoms with van der Waals surface area (Å²) in [7, 11) is 0. The summed E-state index contributed by atoms with van der Waals surface area (Å²) in [6.45, 7) is 5.88. The van der Waals surface area contributed by atoms with Gasteiger partial charge in [0.15, 0.2) is 5.82 Å². The third-order valence-corrected chi connectivity index (χ3v) is 4.38. The Hall–Kier alpha value is -2.56. The quantitative estimate of drug-likeness (QED) is 0.611. The standard InChI is InChI=1S/C20H23ClFN5O/c1-12(2)6-7-17-14(9-16(23)13(3)22)10-18-19(25-20(21)26-27(17)18)24-11-15-5-4-8-28-15/h4-5,8,10,12-13,16H,9,11,23H2,1-3H3,(H,24,25,26)/t13-,16+/m0/s1. The summed E-state index contributed by atoms with van der Waals surface area (Å²) in [6, 6.07) is 4.92. The smallest absolute Gasteiger partial charge is 0.243 e. The molecule has 0 fully saturated rings. The molecule has 0 aliphatic carbocycles. The molecule has 2 atom stereocenters. The number of hydrogen-bond donors (Lipinski definition) is 2. The van der Waals surface area contributed by atoms with Crippen molar-refractivity contribution in [3.05, 3.63) is 46.8 Å². The third-order valence-electron chi connectivity index (χ3n) is 4.22. The van der Waals surface area contributed by atoms with E-state index < -0.39 is 12.2 Å². The molecule has 0 aliphatic heterocycles. The lowest BCUT2D eigenvalue weighted by atomic mass is 10.0. The number of fused-ring (bicyclic) bond motifs is 1. The van der Waals surface area contributed by atoms with Crippen molar-refractivity contribution < 1.29 is 8.81 Å². The van der Waals surface area contributed by atoms with Gasteiger partial charge in [-0.15, -0.1) is 5.10 Å². The first-order valence-corrected chi connectivity index (χ1v) is 9.48. The van der Waals surface area contributed by atoms with Crippen LogP contribution in [0.15, 0.2) is 28.9 Å². The molecule has 0 spiro atoms. The second-order valence-electron chi connectivity index (χ2n) is 6.95. The number of halogens is 2. The minimum atomic E-state index is -1.14. The van der Waals surface area contributed by atoms with Gasteiger partial charge in [-0.3, -0.25) is 0 Å². The van der Waals surface area contributed by atoms with E-state index in [9.17, 15) is 4.39 Å². The van der Waals surface area contributed by atoms with Crippen LogP contribution in [0.2, 0.25) is 5.28 Å². The molecular weight excluding hydrogens is 381 g/mol. The molecule has 28 heavy (non-hydrogen) atoms. The second-order valence-corrected chi connectivity index (χ2v) is 7.29. The Bertz CT molecular complexity index is 1000. The van der Waals surface area contributed by atoms with Crippen molar-refractivity contribution in [3.63, 3.8) is 0 Å². The van der Waals surface area contributed by atoms with Gasteiger partial charge in [0.1, 0.15) is 23.1 Å². The van der Waals surface area contributed by atoms with E-state index in [0.717, 1.165) is 11.3 Å². The number of nitrogens with one attached hydrogen (secondary N) is 1. The van der Waals surface area contributed by atoms with Gasteiger partial charge in [0.05, 0.1) is 12.8 Å². The summed E-state index contributed by atoms with van der Waals surface area (Å²) >= 11 is 6.15. The Morgan fingerprint density at radius 3 is 2.82 bits per heavy atom. The van der Waals surface area contributed by atoms with E-state index in [4.69, 9.17) is 21.8 Å². The van der Waals surface area contributed by atoms with Gasteiger partial charge >= 0.3 is 0 Å². The normalized spacial score (nSPS) is 13.4. The molecule has 0 aromatic carbocycles. The van der Waals surface area contributed by atoms with E-state index in [0.29, 0.717) is 30.0 Å². The molecule has 3 heterocycles. The summed E-state index contributed by atoms with van der Waals surface area (Å²) in [5.41, 5.74) is 8.11. The topological polar surface area (TPSA) is 81.4 Å². The van der Waals surface area contributed by atoms with Crippen LogP contribution in [0.5, 0.6) is 0 Å². The summed E-state index contributed by atoms with van der Waals surface area (Å²) in [4.78, 5) is 4.29. The SMILES string of the molecule is CC(C)C#Cc1c(C[C@@H](N)[C@H](C)F)cc2c(NCc3ccco3)nc(Cl)nn12. The number of rotatable bonds is 6. The van der Waals surface area contributed by atoms with Crippen molar-refractivity contribution in [1.29, 1.82) is 0 Å². The van der Waals surface area contributed by atoms with Crippen LogP contribution < -0.4 is 11.1 Å². The number of furan rings is 1. The number of anilines is 1. The molecule has 3 aromatic heterocycles.